The summed E-state index contributed by atoms with van der Waals surface area (Å²) in [5.41, 5.74) is 0. The first-order valence-corrected chi connectivity index (χ1v) is 13.7. The fourth-order valence-corrected chi connectivity index (χ4v) is 9.48. The highest BCUT2D eigenvalue weighted by atomic mass is 31.0. The molecule has 4 aliphatic rings. The van der Waals surface area contributed by atoms with Gasteiger partial charge in [0, 0.05) is 0 Å². The molecule has 0 bridgehead atoms. The summed E-state index contributed by atoms with van der Waals surface area (Å²) < 4.78 is 0. The minimum Gasteiger partial charge on any atom is -0.130 e. The molecule has 0 radical (unpaired) electrons. The molecule has 27 heavy (non-hydrogen) atoms. The molecule has 0 aliphatic heterocycles. The molecule has 0 spiro atoms. The Balaban J connectivity index is 1.66. The molecule has 0 N–H and O–H groups in total. The van der Waals surface area contributed by atoms with Crippen molar-refractivity contribution < 1.29 is 0 Å². The van der Waals surface area contributed by atoms with Crippen LogP contribution >= 0.6 is 9.24 Å². The van der Waals surface area contributed by atoms with Gasteiger partial charge in [-0.2, -0.15) is 0 Å². The number of rotatable bonds is 5. The summed E-state index contributed by atoms with van der Waals surface area (Å²) in [5, 5.41) is 0.588. The van der Waals surface area contributed by atoms with Crippen LogP contribution in [-0.4, -0.2) is 5.16 Å². The molecule has 4 saturated carbocycles. The quantitative estimate of drug-likeness (QED) is 0.412. The van der Waals surface area contributed by atoms with Crippen molar-refractivity contribution in [2.75, 3.05) is 0 Å². The van der Waals surface area contributed by atoms with E-state index in [2.05, 4.69) is 9.24 Å². The van der Waals surface area contributed by atoms with Crippen LogP contribution in [0.25, 0.3) is 0 Å². The Bertz CT molecular complexity index is 383. The van der Waals surface area contributed by atoms with E-state index in [4.69, 9.17) is 0 Å². The van der Waals surface area contributed by atoms with Crippen LogP contribution in [0, 0.1) is 29.6 Å². The Kier molecular flexibility index (Phi) is 7.63. The van der Waals surface area contributed by atoms with Crippen LogP contribution < -0.4 is 0 Å². The van der Waals surface area contributed by atoms with Crippen LogP contribution in [0.15, 0.2) is 0 Å². The van der Waals surface area contributed by atoms with E-state index in [-0.39, 0.29) is 0 Å². The smallest absolute Gasteiger partial charge is 0.00605 e. The second-order valence-corrected chi connectivity index (χ2v) is 12.0. The monoisotopic (exact) mass is 390 g/mol. The average Bonchev–Trinajstić information content (AvgIpc) is 2.76. The van der Waals surface area contributed by atoms with Crippen molar-refractivity contribution in [2.24, 2.45) is 29.6 Å². The van der Waals surface area contributed by atoms with Gasteiger partial charge < -0.3 is 0 Å². The van der Waals surface area contributed by atoms with Gasteiger partial charge in [-0.1, -0.05) is 103 Å². The van der Waals surface area contributed by atoms with Gasteiger partial charge in [0.05, 0.1) is 0 Å². The second-order valence-electron chi connectivity index (χ2n) is 11.0. The highest BCUT2D eigenvalue weighted by Gasteiger charge is 2.52. The van der Waals surface area contributed by atoms with E-state index in [0.29, 0.717) is 5.16 Å². The Labute approximate surface area is 172 Å². The molecular weight excluding hydrogens is 343 g/mol. The standard InChI is InChI=1S/C26H47P/c27-26(23-17-9-3-10-18-23,24-19-11-4-12-20-24)25(21-13-5-1-6-14-21)22-15-7-2-8-16-22/h21-25H,1-20,27H2. The first-order chi connectivity index (χ1) is 13.3. The summed E-state index contributed by atoms with van der Waals surface area (Å²) in [6.45, 7) is 0. The van der Waals surface area contributed by atoms with E-state index in [1.807, 2.05) is 0 Å². The number of hydrogen-bond acceptors (Lipinski definition) is 0. The third-order valence-corrected chi connectivity index (χ3v) is 10.8. The van der Waals surface area contributed by atoms with Crippen molar-refractivity contribution in [2.45, 2.75) is 134 Å². The number of hydrogen-bond donors (Lipinski definition) is 0. The molecule has 0 aromatic rings. The van der Waals surface area contributed by atoms with E-state index in [1.165, 1.54) is 77.0 Å². The summed E-state index contributed by atoms with van der Waals surface area (Å²) in [5.74, 6) is 5.20. The van der Waals surface area contributed by atoms with E-state index < -0.39 is 0 Å². The largest absolute Gasteiger partial charge is 0.130 e. The first kappa shape index (κ1) is 20.7. The first-order valence-electron chi connectivity index (χ1n) is 13.1. The van der Waals surface area contributed by atoms with Gasteiger partial charge in [0.25, 0.3) is 0 Å². The van der Waals surface area contributed by atoms with Gasteiger partial charge in [-0.3, -0.25) is 0 Å². The molecule has 0 nitrogen and oxygen atoms in total. The van der Waals surface area contributed by atoms with Gasteiger partial charge in [0.1, 0.15) is 0 Å². The Morgan fingerprint density at radius 2 is 0.741 bits per heavy atom. The van der Waals surface area contributed by atoms with Crippen LogP contribution in [0.4, 0.5) is 0 Å². The lowest BCUT2D eigenvalue weighted by atomic mass is 9.55. The minimum absolute atomic E-state index is 0.588. The van der Waals surface area contributed by atoms with Gasteiger partial charge in [0.15, 0.2) is 0 Å². The molecule has 0 heterocycles. The molecule has 1 unspecified atom stereocenters. The lowest BCUT2D eigenvalue weighted by Gasteiger charge is -2.57. The predicted molar refractivity (Wildman–Crippen MR) is 122 cm³/mol. The van der Waals surface area contributed by atoms with Gasteiger partial charge in [-0.25, -0.2) is 0 Å². The Morgan fingerprint density at radius 1 is 0.444 bits per heavy atom. The molecule has 0 saturated heterocycles. The molecule has 4 rings (SSSR count). The second kappa shape index (κ2) is 9.96. The summed E-state index contributed by atoms with van der Waals surface area (Å²) in [7, 11) is 3.71. The normalized spacial score (nSPS) is 28.7. The van der Waals surface area contributed by atoms with Gasteiger partial charge in [0.2, 0.25) is 0 Å². The van der Waals surface area contributed by atoms with Gasteiger partial charge >= 0.3 is 0 Å². The third-order valence-electron chi connectivity index (χ3n) is 9.52. The predicted octanol–water partition coefficient (Wildman–Crippen LogP) is 8.54. The molecule has 0 aromatic heterocycles. The molecule has 0 aromatic carbocycles. The van der Waals surface area contributed by atoms with Crippen LogP contribution in [0.1, 0.15) is 128 Å². The lowest BCUT2D eigenvalue weighted by Crippen LogP contribution is -2.53. The lowest BCUT2D eigenvalue weighted by molar-refractivity contribution is 0.0243. The molecule has 4 aliphatic carbocycles. The molecule has 156 valence electrons. The van der Waals surface area contributed by atoms with Crippen molar-refractivity contribution in [1.82, 2.24) is 0 Å². The van der Waals surface area contributed by atoms with Crippen molar-refractivity contribution in [3.8, 4) is 0 Å². The maximum absolute atomic E-state index is 3.71. The summed E-state index contributed by atoms with van der Waals surface area (Å²) in [6, 6.07) is 0. The zero-order chi connectivity index (χ0) is 18.5. The van der Waals surface area contributed by atoms with Gasteiger partial charge in [-0.15, -0.1) is 9.24 Å². The molecular formula is C26H47P. The maximum atomic E-state index is 3.71. The molecule has 1 atom stereocenters. The van der Waals surface area contributed by atoms with E-state index in [9.17, 15) is 0 Å². The van der Waals surface area contributed by atoms with Crippen LogP contribution in [0.2, 0.25) is 0 Å². The zero-order valence-corrected chi connectivity index (χ0v) is 19.3. The highest BCUT2D eigenvalue weighted by Crippen LogP contribution is 2.59. The minimum atomic E-state index is 0.588. The summed E-state index contributed by atoms with van der Waals surface area (Å²) in [6.07, 6.45) is 30.8. The maximum Gasteiger partial charge on any atom is -0.00605 e. The van der Waals surface area contributed by atoms with Crippen LogP contribution in [-0.2, 0) is 0 Å². The van der Waals surface area contributed by atoms with E-state index in [1.54, 1.807) is 51.4 Å². The fraction of sp³-hybridized carbons (Fsp3) is 1.00. The van der Waals surface area contributed by atoms with Crippen molar-refractivity contribution in [3.63, 3.8) is 0 Å². The van der Waals surface area contributed by atoms with E-state index >= 15 is 0 Å². The summed E-state index contributed by atoms with van der Waals surface area (Å²) in [4.78, 5) is 0. The SMILES string of the molecule is PC(C1CCCCC1)(C1CCCCC1)C(C1CCCCC1)C1CCCCC1. The third kappa shape index (κ3) is 4.62. The molecule has 0 amide bonds. The van der Waals surface area contributed by atoms with Crippen molar-refractivity contribution in [1.29, 1.82) is 0 Å². The van der Waals surface area contributed by atoms with Gasteiger partial charge in [-0.05, 0) is 60.4 Å². The van der Waals surface area contributed by atoms with Crippen molar-refractivity contribution >= 4 is 9.24 Å². The average molecular weight is 391 g/mol. The van der Waals surface area contributed by atoms with Crippen LogP contribution in [0.5, 0.6) is 0 Å². The van der Waals surface area contributed by atoms with Crippen LogP contribution in [0.3, 0.4) is 0 Å². The molecule has 4 fully saturated rings. The van der Waals surface area contributed by atoms with E-state index in [0.717, 1.165) is 29.6 Å². The Hall–Kier alpha value is 0.430. The van der Waals surface area contributed by atoms with Crippen molar-refractivity contribution in [3.05, 3.63) is 0 Å². The molecule has 1 heteroatoms. The highest BCUT2D eigenvalue weighted by molar-refractivity contribution is 7.19. The topological polar surface area (TPSA) is 0 Å². The fourth-order valence-electron chi connectivity index (χ4n) is 8.27. The Morgan fingerprint density at radius 3 is 1.07 bits per heavy atom. The summed E-state index contributed by atoms with van der Waals surface area (Å²) >= 11 is 0. The zero-order valence-electron chi connectivity index (χ0n) is 18.1.